The number of amides is 1. The van der Waals surface area contributed by atoms with Crippen LogP contribution in [0.1, 0.15) is 28.0 Å². The highest BCUT2D eigenvalue weighted by Gasteiger charge is 2.14. The fourth-order valence-corrected chi connectivity index (χ4v) is 3.24. The van der Waals surface area contributed by atoms with Crippen molar-refractivity contribution in [1.29, 1.82) is 0 Å². The minimum absolute atomic E-state index is 0.231. The number of hydrogen-bond donors (Lipinski definition) is 1. The Morgan fingerprint density at radius 1 is 1.23 bits per heavy atom. The van der Waals surface area contributed by atoms with Crippen LogP contribution >= 0.6 is 11.6 Å². The van der Waals surface area contributed by atoms with Crippen molar-refractivity contribution in [3.63, 3.8) is 0 Å². The van der Waals surface area contributed by atoms with E-state index in [1.165, 1.54) is 0 Å². The normalized spacial score (nSPS) is 11.2. The summed E-state index contributed by atoms with van der Waals surface area (Å²) in [6.45, 7) is 6.25. The van der Waals surface area contributed by atoms with Gasteiger partial charge >= 0.3 is 0 Å². The Morgan fingerprint density at radius 2 is 2.00 bits per heavy atom. The van der Waals surface area contributed by atoms with E-state index < -0.39 is 0 Å². The van der Waals surface area contributed by atoms with Crippen molar-refractivity contribution < 1.29 is 14.1 Å². The third-order valence-corrected chi connectivity index (χ3v) is 4.90. The fraction of sp³-hybridized carbons (Fsp3) is 0.167. The summed E-state index contributed by atoms with van der Waals surface area (Å²) >= 11 is 6.15. The highest BCUT2D eigenvalue weighted by Crippen LogP contribution is 2.26. The molecule has 0 saturated heterocycles. The van der Waals surface area contributed by atoms with Crippen LogP contribution in [0.5, 0.6) is 5.75 Å². The summed E-state index contributed by atoms with van der Waals surface area (Å²) in [7, 11) is 1.61. The molecule has 0 atom stereocenters. The van der Waals surface area contributed by atoms with Crippen molar-refractivity contribution >= 4 is 23.1 Å². The Kier molecular flexibility index (Phi) is 7.09. The molecule has 0 radical (unpaired) electrons. The number of allylic oxidation sites excluding steroid dienone is 2. The topological polar surface area (TPSA) is 64.4 Å². The van der Waals surface area contributed by atoms with Gasteiger partial charge in [-0.05, 0) is 66.4 Å². The summed E-state index contributed by atoms with van der Waals surface area (Å²) < 4.78 is 10.5. The average molecular weight is 423 g/mol. The predicted molar refractivity (Wildman–Crippen MR) is 120 cm³/mol. The van der Waals surface area contributed by atoms with Crippen LogP contribution in [0.3, 0.4) is 0 Å². The van der Waals surface area contributed by atoms with Crippen LogP contribution in [0.15, 0.2) is 71.8 Å². The number of aryl methyl sites for hydroxylation is 1. The molecule has 1 N–H and O–H groups in total. The Labute approximate surface area is 181 Å². The molecule has 1 heterocycles. The predicted octanol–water partition coefficient (Wildman–Crippen LogP) is 5.70. The summed E-state index contributed by atoms with van der Waals surface area (Å²) in [5, 5.41) is 7.44. The first-order chi connectivity index (χ1) is 14.5. The molecule has 3 rings (SSSR count). The first-order valence-electron chi connectivity index (χ1n) is 9.49. The molecule has 0 aliphatic rings. The zero-order chi connectivity index (χ0) is 21.5. The van der Waals surface area contributed by atoms with E-state index >= 15 is 0 Å². The van der Waals surface area contributed by atoms with Crippen LogP contribution in [0.2, 0.25) is 5.02 Å². The van der Waals surface area contributed by atoms with Crippen molar-refractivity contribution in [2.75, 3.05) is 13.7 Å². The number of carbonyl (C=O) groups is 1. The number of rotatable bonds is 8. The van der Waals surface area contributed by atoms with E-state index in [9.17, 15) is 4.79 Å². The van der Waals surface area contributed by atoms with Gasteiger partial charge in [0.2, 0.25) is 0 Å². The van der Waals surface area contributed by atoms with Gasteiger partial charge in [0.25, 0.3) is 5.91 Å². The second kappa shape index (κ2) is 9.94. The SMILES string of the molecule is C=C/C=C(/CCNC(=O)c1cc(-c2ccc(OC)cc2)on1)c1cc(Cl)ccc1C. The van der Waals surface area contributed by atoms with Crippen LogP contribution < -0.4 is 10.1 Å². The van der Waals surface area contributed by atoms with Gasteiger partial charge in [-0.15, -0.1) is 0 Å². The van der Waals surface area contributed by atoms with Crippen molar-refractivity contribution in [3.05, 3.63) is 89.1 Å². The molecule has 154 valence electrons. The molecule has 0 saturated carbocycles. The van der Waals surface area contributed by atoms with Crippen LogP contribution in [-0.4, -0.2) is 24.7 Å². The quantitative estimate of drug-likeness (QED) is 0.473. The molecular weight excluding hydrogens is 400 g/mol. The van der Waals surface area contributed by atoms with Gasteiger partial charge in [-0.1, -0.05) is 41.6 Å². The highest BCUT2D eigenvalue weighted by atomic mass is 35.5. The highest BCUT2D eigenvalue weighted by molar-refractivity contribution is 6.30. The standard InChI is InChI=1S/C24H23ClN2O3/c1-4-5-17(21-14-19(25)9-6-16(21)2)12-13-26-24(28)22-15-23(30-27-22)18-7-10-20(29-3)11-8-18/h4-11,14-15H,1,12-13H2,2-3H3,(H,26,28)/b17-5-. The molecule has 0 fully saturated rings. The molecule has 6 heteroatoms. The second-order valence-electron chi connectivity index (χ2n) is 6.70. The molecule has 0 unspecified atom stereocenters. The van der Waals surface area contributed by atoms with Gasteiger partial charge in [-0.25, -0.2) is 0 Å². The molecular formula is C24H23ClN2O3. The van der Waals surface area contributed by atoms with Gasteiger partial charge in [0.15, 0.2) is 11.5 Å². The van der Waals surface area contributed by atoms with E-state index in [1.54, 1.807) is 19.3 Å². The van der Waals surface area contributed by atoms with Gasteiger partial charge in [0.05, 0.1) is 7.11 Å². The lowest BCUT2D eigenvalue weighted by Gasteiger charge is -2.11. The average Bonchev–Trinajstić information content (AvgIpc) is 3.25. The smallest absolute Gasteiger partial charge is 0.273 e. The van der Waals surface area contributed by atoms with Crippen LogP contribution in [-0.2, 0) is 0 Å². The van der Waals surface area contributed by atoms with E-state index in [-0.39, 0.29) is 11.6 Å². The monoisotopic (exact) mass is 422 g/mol. The zero-order valence-corrected chi connectivity index (χ0v) is 17.7. The van der Waals surface area contributed by atoms with E-state index in [2.05, 4.69) is 17.1 Å². The molecule has 3 aromatic rings. The minimum atomic E-state index is -0.292. The Balaban J connectivity index is 1.63. The van der Waals surface area contributed by atoms with Crippen molar-refractivity contribution in [1.82, 2.24) is 10.5 Å². The number of nitrogens with one attached hydrogen (secondary N) is 1. The number of methoxy groups -OCH3 is 1. The zero-order valence-electron chi connectivity index (χ0n) is 16.9. The van der Waals surface area contributed by atoms with Gasteiger partial charge in [-0.2, -0.15) is 0 Å². The van der Waals surface area contributed by atoms with Gasteiger partial charge < -0.3 is 14.6 Å². The number of nitrogens with zero attached hydrogens (tertiary/aromatic N) is 1. The van der Waals surface area contributed by atoms with E-state index in [0.717, 1.165) is 28.0 Å². The summed E-state index contributed by atoms with van der Waals surface area (Å²) in [6.07, 6.45) is 4.29. The molecule has 1 amide bonds. The molecule has 1 aromatic heterocycles. The maximum atomic E-state index is 12.5. The first-order valence-corrected chi connectivity index (χ1v) is 9.87. The first kappa shape index (κ1) is 21.4. The molecule has 0 bridgehead atoms. The Hall–Kier alpha value is -3.31. The van der Waals surface area contributed by atoms with Gasteiger partial charge in [0, 0.05) is 23.2 Å². The number of carbonyl (C=O) groups excluding carboxylic acids is 1. The van der Waals surface area contributed by atoms with E-state index in [0.29, 0.717) is 23.7 Å². The van der Waals surface area contributed by atoms with Crippen molar-refractivity contribution in [3.8, 4) is 17.1 Å². The van der Waals surface area contributed by atoms with Gasteiger partial charge in [0.1, 0.15) is 5.75 Å². The summed E-state index contributed by atoms with van der Waals surface area (Å²) in [5.41, 5.74) is 4.24. The number of ether oxygens (including phenoxy) is 1. The molecule has 2 aromatic carbocycles. The molecule has 0 aliphatic heterocycles. The lowest BCUT2D eigenvalue weighted by molar-refractivity contribution is 0.0945. The van der Waals surface area contributed by atoms with Crippen LogP contribution in [0.4, 0.5) is 0 Å². The fourth-order valence-electron chi connectivity index (χ4n) is 3.07. The lowest BCUT2D eigenvalue weighted by Crippen LogP contribution is -2.24. The minimum Gasteiger partial charge on any atom is -0.497 e. The van der Waals surface area contributed by atoms with Gasteiger partial charge in [-0.3, -0.25) is 4.79 Å². The van der Waals surface area contributed by atoms with E-state index in [4.69, 9.17) is 20.9 Å². The number of hydrogen-bond acceptors (Lipinski definition) is 4. The third-order valence-electron chi connectivity index (χ3n) is 4.66. The maximum absolute atomic E-state index is 12.5. The number of aromatic nitrogens is 1. The van der Waals surface area contributed by atoms with Crippen LogP contribution in [0.25, 0.3) is 16.9 Å². The van der Waals surface area contributed by atoms with Crippen LogP contribution in [0, 0.1) is 6.92 Å². The summed E-state index contributed by atoms with van der Waals surface area (Å²) in [5.74, 6) is 0.971. The molecule has 0 aliphatic carbocycles. The number of benzene rings is 2. The van der Waals surface area contributed by atoms with E-state index in [1.807, 2.05) is 55.5 Å². The molecule has 30 heavy (non-hydrogen) atoms. The Morgan fingerprint density at radius 3 is 2.70 bits per heavy atom. The lowest BCUT2D eigenvalue weighted by atomic mass is 9.97. The Bertz CT molecular complexity index is 1070. The number of halogens is 1. The van der Waals surface area contributed by atoms with Crippen molar-refractivity contribution in [2.45, 2.75) is 13.3 Å². The second-order valence-corrected chi connectivity index (χ2v) is 7.13. The summed E-state index contributed by atoms with van der Waals surface area (Å²) in [6, 6.07) is 14.7. The summed E-state index contributed by atoms with van der Waals surface area (Å²) in [4.78, 5) is 12.5. The molecule has 5 nitrogen and oxygen atoms in total. The molecule has 0 spiro atoms. The largest absolute Gasteiger partial charge is 0.497 e. The maximum Gasteiger partial charge on any atom is 0.273 e. The third kappa shape index (κ3) is 5.19. The van der Waals surface area contributed by atoms with Crippen molar-refractivity contribution in [2.24, 2.45) is 0 Å².